The van der Waals surface area contributed by atoms with Crippen molar-refractivity contribution in [3.05, 3.63) is 42.2 Å². The molecule has 0 radical (unpaired) electrons. The normalized spacial score (nSPS) is 21.1. The molecule has 1 heterocycles. The van der Waals surface area contributed by atoms with Crippen LogP contribution < -0.4 is 4.74 Å². The summed E-state index contributed by atoms with van der Waals surface area (Å²) in [5, 5.41) is 0. The molecule has 0 amide bonds. The molecular weight excluding hydrogens is 248 g/mol. The van der Waals surface area contributed by atoms with Gasteiger partial charge in [-0.1, -0.05) is 32.6 Å². The van der Waals surface area contributed by atoms with Gasteiger partial charge < -0.3 is 9.47 Å². The van der Waals surface area contributed by atoms with Crippen LogP contribution in [0.4, 0.5) is 0 Å². The van der Waals surface area contributed by atoms with Crippen molar-refractivity contribution in [1.29, 1.82) is 0 Å². The fourth-order valence-corrected chi connectivity index (χ4v) is 2.62. The highest BCUT2D eigenvalue weighted by molar-refractivity contribution is 5.31. The molecule has 1 fully saturated rings. The molecule has 110 valence electrons. The van der Waals surface area contributed by atoms with Gasteiger partial charge in [-0.05, 0) is 50.3 Å². The van der Waals surface area contributed by atoms with Gasteiger partial charge in [0.2, 0.25) is 0 Å². The van der Waals surface area contributed by atoms with Crippen molar-refractivity contribution in [2.75, 3.05) is 0 Å². The summed E-state index contributed by atoms with van der Waals surface area (Å²) in [5.41, 5.74) is 1.29. The van der Waals surface area contributed by atoms with Crippen molar-refractivity contribution in [3.63, 3.8) is 0 Å². The van der Waals surface area contributed by atoms with Gasteiger partial charge in [-0.3, -0.25) is 0 Å². The zero-order valence-electron chi connectivity index (χ0n) is 13.1. The summed E-state index contributed by atoms with van der Waals surface area (Å²) < 4.78 is 11.8. The summed E-state index contributed by atoms with van der Waals surface area (Å²) in [6.07, 6.45) is 3.20. The molecule has 1 aromatic rings. The number of rotatable bonds is 5. The molecule has 0 saturated carbocycles. The second kappa shape index (κ2) is 6.01. The van der Waals surface area contributed by atoms with E-state index in [4.69, 9.17) is 9.47 Å². The van der Waals surface area contributed by atoms with E-state index in [0.29, 0.717) is 5.92 Å². The topological polar surface area (TPSA) is 18.5 Å². The van der Waals surface area contributed by atoms with Crippen LogP contribution in [-0.2, 0) is 4.74 Å². The van der Waals surface area contributed by atoms with Gasteiger partial charge in [0, 0.05) is 6.42 Å². The van der Waals surface area contributed by atoms with Crippen LogP contribution in [0.3, 0.4) is 0 Å². The zero-order valence-corrected chi connectivity index (χ0v) is 13.1. The SMILES string of the molecule is C=C(CC1CCC(C)(C)O1)Oc1cccc(C(C)C)c1. The molecule has 1 atom stereocenters. The Morgan fingerprint density at radius 3 is 2.80 bits per heavy atom. The lowest BCUT2D eigenvalue weighted by molar-refractivity contribution is -0.0172. The van der Waals surface area contributed by atoms with Crippen LogP contribution in [-0.4, -0.2) is 11.7 Å². The molecule has 1 aliphatic rings. The summed E-state index contributed by atoms with van der Waals surface area (Å²) in [7, 11) is 0. The molecule has 2 heteroatoms. The monoisotopic (exact) mass is 274 g/mol. The van der Waals surface area contributed by atoms with Gasteiger partial charge in [-0.2, -0.15) is 0 Å². The minimum Gasteiger partial charge on any atom is -0.462 e. The Morgan fingerprint density at radius 1 is 1.45 bits per heavy atom. The summed E-state index contributed by atoms with van der Waals surface area (Å²) >= 11 is 0. The Morgan fingerprint density at radius 2 is 2.20 bits per heavy atom. The molecule has 0 N–H and O–H groups in total. The van der Waals surface area contributed by atoms with Crippen LogP contribution in [0.25, 0.3) is 0 Å². The summed E-state index contributed by atoms with van der Waals surface area (Å²) in [5.74, 6) is 2.16. The van der Waals surface area contributed by atoms with Crippen LogP contribution in [0, 0.1) is 0 Å². The van der Waals surface area contributed by atoms with E-state index in [1.54, 1.807) is 0 Å². The van der Waals surface area contributed by atoms with Crippen molar-refractivity contribution < 1.29 is 9.47 Å². The maximum atomic E-state index is 5.98. The fraction of sp³-hybridized carbons (Fsp3) is 0.556. The number of benzene rings is 1. The first-order valence-electron chi connectivity index (χ1n) is 7.49. The Balaban J connectivity index is 1.90. The largest absolute Gasteiger partial charge is 0.462 e. The molecule has 0 spiro atoms. The van der Waals surface area contributed by atoms with E-state index >= 15 is 0 Å². The van der Waals surface area contributed by atoms with E-state index in [2.05, 4.69) is 46.4 Å². The van der Waals surface area contributed by atoms with E-state index in [9.17, 15) is 0 Å². The first-order valence-corrected chi connectivity index (χ1v) is 7.49. The minimum atomic E-state index is 0.00249. The third kappa shape index (κ3) is 4.11. The molecule has 1 saturated heterocycles. The van der Waals surface area contributed by atoms with Crippen molar-refractivity contribution in [2.45, 2.75) is 64.6 Å². The standard InChI is InChI=1S/C18H26O2/c1-13(2)15-7-6-8-16(12-15)19-14(3)11-17-9-10-18(4,5)20-17/h6-8,12-13,17H,3,9-11H2,1-2,4-5H3. The molecule has 0 bridgehead atoms. The van der Waals surface area contributed by atoms with Gasteiger partial charge in [0.25, 0.3) is 0 Å². The lowest BCUT2D eigenvalue weighted by Crippen LogP contribution is -2.20. The second-order valence-corrected chi connectivity index (χ2v) is 6.61. The van der Waals surface area contributed by atoms with E-state index in [-0.39, 0.29) is 11.7 Å². The highest BCUT2D eigenvalue weighted by atomic mass is 16.5. The van der Waals surface area contributed by atoms with Crippen molar-refractivity contribution in [1.82, 2.24) is 0 Å². The average Bonchev–Trinajstić information content (AvgIpc) is 2.68. The molecule has 1 aromatic carbocycles. The maximum absolute atomic E-state index is 5.98. The highest BCUT2D eigenvalue weighted by Gasteiger charge is 2.32. The maximum Gasteiger partial charge on any atom is 0.127 e. The quantitative estimate of drug-likeness (QED) is 0.699. The van der Waals surface area contributed by atoms with Crippen LogP contribution in [0.15, 0.2) is 36.6 Å². The van der Waals surface area contributed by atoms with Crippen molar-refractivity contribution in [2.24, 2.45) is 0 Å². The average molecular weight is 274 g/mol. The first kappa shape index (κ1) is 15.1. The predicted octanol–water partition coefficient (Wildman–Crippen LogP) is 5.05. The molecule has 2 rings (SSSR count). The summed E-state index contributed by atoms with van der Waals surface area (Å²) in [4.78, 5) is 0. The minimum absolute atomic E-state index is 0.00249. The number of hydrogen-bond donors (Lipinski definition) is 0. The van der Waals surface area contributed by atoms with E-state index in [0.717, 1.165) is 30.8 Å². The molecular formula is C18H26O2. The fourth-order valence-electron chi connectivity index (χ4n) is 2.62. The van der Waals surface area contributed by atoms with Gasteiger partial charge in [-0.15, -0.1) is 0 Å². The van der Waals surface area contributed by atoms with Crippen LogP contribution in [0.2, 0.25) is 0 Å². The Bertz CT molecular complexity index is 474. The Hall–Kier alpha value is -1.28. The van der Waals surface area contributed by atoms with Crippen molar-refractivity contribution in [3.8, 4) is 5.75 Å². The molecule has 2 nitrogen and oxygen atoms in total. The smallest absolute Gasteiger partial charge is 0.127 e. The van der Waals surface area contributed by atoms with Gasteiger partial charge >= 0.3 is 0 Å². The highest BCUT2D eigenvalue weighted by Crippen LogP contribution is 2.32. The number of hydrogen-bond acceptors (Lipinski definition) is 2. The van der Waals surface area contributed by atoms with E-state index in [1.807, 2.05) is 12.1 Å². The van der Waals surface area contributed by atoms with E-state index < -0.39 is 0 Å². The summed E-state index contributed by atoms with van der Waals surface area (Å²) in [6.45, 7) is 12.7. The lowest BCUT2D eigenvalue weighted by atomic mass is 10.0. The van der Waals surface area contributed by atoms with Crippen LogP contribution >= 0.6 is 0 Å². The van der Waals surface area contributed by atoms with Gasteiger partial charge in [0.05, 0.1) is 17.5 Å². The molecule has 0 aliphatic carbocycles. The third-order valence-corrected chi connectivity index (χ3v) is 3.80. The van der Waals surface area contributed by atoms with Crippen LogP contribution in [0.5, 0.6) is 5.75 Å². The number of ether oxygens (including phenoxy) is 2. The Labute approximate surface area is 122 Å². The van der Waals surface area contributed by atoms with Gasteiger partial charge in [0.1, 0.15) is 5.75 Å². The molecule has 1 unspecified atom stereocenters. The summed E-state index contributed by atoms with van der Waals surface area (Å²) in [6, 6.07) is 8.24. The van der Waals surface area contributed by atoms with E-state index in [1.165, 1.54) is 5.56 Å². The van der Waals surface area contributed by atoms with Crippen LogP contribution in [0.1, 0.15) is 58.4 Å². The first-order chi connectivity index (χ1) is 9.35. The zero-order chi connectivity index (χ0) is 14.8. The third-order valence-electron chi connectivity index (χ3n) is 3.80. The predicted molar refractivity (Wildman–Crippen MR) is 83.1 cm³/mol. The molecule has 0 aromatic heterocycles. The molecule has 20 heavy (non-hydrogen) atoms. The molecule has 1 aliphatic heterocycles. The van der Waals surface area contributed by atoms with Gasteiger partial charge in [-0.25, -0.2) is 0 Å². The second-order valence-electron chi connectivity index (χ2n) is 6.61. The Kier molecular flexibility index (Phi) is 4.54. The lowest BCUT2D eigenvalue weighted by Gasteiger charge is -2.20. The van der Waals surface area contributed by atoms with Crippen molar-refractivity contribution >= 4 is 0 Å². The van der Waals surface area contributed by atoms with Gasteiger partial charge in [0.15, 0.2) is 0 Å².